The fourth-order valence-corrected chi connectivity index (χ4v) is 3.35. The maximum atomic E-state index is 13.1. The van der Waals surface area contributed by atoms with E-state index in [2.05, 4.69) is 10.4 Å². The fraction of sp³-hybridized carbons (Fsp3) is 0.450. The minimum absolute atomic E-state index is 0.152. The minimum atomic E-state index is -0.626. The van der Waals surface area contributed by atoms with E-state index in [1.54, 1.807) is 32.7 Å². The average Bonchev–Trinajstić information content (AvgIpc) is 3.01. The van der Waals surface area contributed by atoms with Gasteiger partial charge in [0.15, 0.2) is 0 Å². The third-order valence-corrected chi connectivity index (χ3v) is 4.71. The number of nitro benzene ring substituents is 1. The number of carbonyl (C=O) groups is 2. The quantitative estimate of drug-likeness (QED) is 0.582. The molecule has 1 aromatic heterocycles. The van der Waals surface area contributed by atoms with Crippen molar-refractivity contribution in [1.82, 2.24) is 14.7 Å². The minimum Gasteiger partial charge on any atom is -0.494 e. The maximum absolute atomic E-state index is 13.1. The van der Waals surface area contributed by atoms with E-state index in [1.165, 1.54) is 30.0 Å². The third kappa shape index (κ3) is 4.76. The van der Waals surface area contributed by atoms with Crippen LogP contribution < -0.4 is 10.1 Å². The Morgan fingerprint density at radius 2 is 2.00 bits per heavy atom. The molecule has 0 fully saturated rings. The molecular formula is C20H25N5O6. The van der Waals surface area contributed by atoms with Crippen molar-refractivity contribution in [3.63, 3.8) is 0 Å². The van der Waals surface area contributed by atoms with Gasteiger partial charge in [0.25, 0.3) is 11.6 Å². The van der Waals surface area contributed by atoms with Crippen LogP contribution in [0.2, 0.25) is 0 Å². The van der Waals surface area contributed by atoms with E-state index < -0.39 is 22.5 Å². The highest BCUT2D eigenvalue weighted by Crippen LogP contribution is 2.30. The first-order chi connectivity index (χ1) is 14.5. The number of nitro groups is 1. The molecule has 166 valence electrons. The molecule has 2 heterocycles. The smallest absolute Gasteiger partial charge is 0.410 e. The van der Waals surface area contributed by atoms with Crippen LogP contribution >= 0.6 is 0 Å². The van der Waals surface area contributed by atoms with E-state index in [4.69, 9.17) is 9.47 Å². The molecule has 31 heavy (non-hydrogen) atoms. The Hall–Kier alpha value is -3.63. The number of hydrogen-bond acceptors (Lipinski definition) is 7. The van der Waals surface area contributed by atoms with Crippen molar-refractivity contribution in [3.8, 4) is 5.75 Å². The largest absolute Gasteiger partial charge is 0.494 e. The summed E-state index contributed by atoms with van der Waals surface area (Å²) in [7, 11) is 3.01. The number of hydrogen-bond donors (Lipinski definition) is 1. The van der Waals surface area contributed by atoms with Gasteiger partial charge in [-0.25, -0.2) is 4.79 Å². The number of fused-ring (bicyclic) bond motifs is 1. The van der Waals surface area contributed by atoms with Crippen LogP contribution in [0, 0.1) is 10.1 Å². The molecule has 1 aliphatic heterocycles. The van der Waals surface area contributed by atoms with Crippen LogP contribution in [0.5, 0.6) is 5.75 Å². The summed E-state index contributed by atoms with van der Waals surface area (Å²) in [5.74, 6) is -0.302. The number of aromatic nitrogens is 2. The number of amides is 2. The van der Waals surface area contributed by atoms with E-state index in [0.29, 0.717) is 24.2 Å². The number of non-ortho nitro benzene ring substituents is 1. The Labute approximate surface area is 179 Å². The van der Waals surface area contributed by atoms with E-state index in [0.717, 1.165) is 5.69 Å². The predicted octanol–water partition coefficient (Wildman–Crippen LogP) is 2.88. The van der Waals surface area contributed by atoms with Crippen molar-refractivity contribution in [2.45, 2.75) is 39.3 Å². The molecule has 0 radical (unpaired) electrons. The number of aryl methyl sites for hydroxylation is 1. The molecule has 11 heteroatoms. The van der Waals surface area contributed by atoms with Gasteiger partial charge in [-0.2, -0.15) is 5.10 Å². The molecule has 11 nitrogen and oxygen atoms in total. The SMILES string of the molecule is COc1cc([N+](=O)[O-])ccc1NC(=O)c1c2c(nn1C)CCN(C(=O)OC(C)(C)C)C2. The second-order valence-electron chi connectivity index (χ2n) is 8.15. The molecule has 0 spiro atoms. The topological polar surface area (TPSA) is 129 Å². The summed E-state index contributed by atoms with van der Waals surface area (Å²) in [5, 5.41) is 18.1. The summed E-state index contributed by atoms with van der Waals surface area (Å²) >= 11 is 0. The Kier molecular flexibility index (Phi) is 5.87. The zero-order chi connectivity index (χ0) is 22.9. The lowest BCUT2D eigenvalue weighted by atomic mass is 10.1. The molecule has 2 amide bonds. The Bertz CT molecular complexity index is 1040. The van der Waals surface area contributed by atoms with Gasteiger partial charge in [-0.15, -0.1) is 0 Å². The Morgan fingerprint density at radius 3 is 2.61 bits per heavy atom. The number of benzene rings is 1. The first-order valence-corrected chi connectivity index (χ1v) is 9.66. The van der Waals surface area contributed by atoms with Crippen LogP contribution in [0.3, 0.4) is 0 Å². The zero-order valence-corrected chi connectivity index (χ0v) is 18.1. The highest BCUT2D eigenvalue weighted by Gasteiger charge is 2.31. The van der Waals surface area contributed by atoms with Gasteiger partial charge < -0.3 is 19.7 Å². The standard InChI is InChI=1S/C20H25N5O6/c1-20(2,3)31-19(27)24-9-8-14-13(11-24)17(23(4)22-14)18(26)21-15-7-6-12(25(28)29)10-16(15)30-5/h6-7,10H,8-9,11H2,1-5H3,(H,21,26). The molecule has 0 saturated heterocycles. The first-order valence-electron chi connectivity index (χ1n) is 9.66. The van der Waals surface area contributed by atoms with Gasteiger partial charge in [0, 0.05) is 31.6 Å². The highest BCUT2D eigenvalue weighted by atomic mass is 16.6. The highest BCUT2D eigenvalue weighted by molar-refractivity contribution is 6.05. The summed E-state index contributed by atoms with van der Waals surface area (Å²) in [6.45, 7) is 6.01. The van der Waals surface area contributed by atoms with Gasteiger partial charge in [0.1, 0.15) is 17.0 Å². The first kappa shape index (κ1) is 22.1. The van der Waals surface area contributed by atoms with Crippen LogP contribution in [0.4, 0.5) is 16.2 Å². The number of rotatable bonds is 4. The van der Waals surface area contributed by atoms with Crippen molar-refractivity contribution >= 4 is 23.4 Å². The number of anilines is 1. The lowest BCUT2D eigenvalue weighted by molar-refractivity contribution is -0.384. The second kappa shape index (κ2) is 8.25. The fourth-order valence-electron chi connectivity index (χ4n) is 3.35. The monoisotopic (exact) mass is 431 g/mol. The van der Waals surface area contributed by atoms with Crippen molar-refractivity contribution in [3.05, 3.63) is 45.3 Å². The van der Waals surface area contributed by atoms with Gasteiger partial charge in [-0.05, 0) is 26.8 Å². The second-order valence-corrected chi connectivity index (χ2v) is 8.15. The zero-order valence-electron chi connectivity index (χ0n) is 18.1. The van der Waals surface area contributed by atoms with Crippen molar-refractivity contribution in [1.29, 1.82) is 0 Å². The molecule has 0 saturated carbocycles. The van der Waals surface area contributed by atoms with E-state index in [-0.39, 0.29) is 23.7 Å². The molecule has 0 bridgehead atoms. The maximum Gasteiger partial charge on any atom is 0.410 e. The number of methoxy groups -OCH3 is 1. The van der Waals surface area contributed by atoms with Crippen molar-refractivity contribution in [2.24, 2.45) is 7.05 Å². The van der Waals surface area contributed by atoms with Gasteiger partial charge >= 0.3 is 6.09 Å². The van der Waals surface area contributed by atoms with Crippen LogP contribution in [0.25, 0.3) is 0 Å². The summed E-state index contributed by atoms with van der Waals surface area (Å²) < 4.78 is 12.1. The molecule has 1 aliphatic rings. The number of nitrogens with zero attached hydrogens (tertiary/aromatic N) is 4. The van der Waals surface area contributed by atoms with Gasteiger partial charge in [0.05, 0.1) is 36.0 Å². The average molecular weight is 431 g/mol. The van der Waals surface area contributed by atoms with E-state index in [1.807, 2.05) is 0 Å². The molecular weight excluding hydrogens is 406 g/mol. The normalized spacial score (nSPS) is 13.4. The third-order valence-electron chi connectivity index (χ3n) is 4.71. The van der Waals surface area contributed by atoms with Crippen LogP contribution in [-0.2, 0) is 24.8 Å². The lowest BCUT2D eigenvalue weighted by Gasteiger charge is -2.29. The molecule has 0 aliphatic carbocycles. The van der Waals surface area contributed by atoms with Crippen LogP contribution in [0.15, 0.2) is 18.2 Å². The van der Waals surface area contributed by atoms with Gasteiger partial charge in [-0.1, -0.05) is 0 Å². The van der Waals surface area contributed by atoms with E-state index >= 15 is 0 Å². The Balaban J connectivity index is 1.85. The Morgan fingerprint density at radius 1 is 1.29 bits per heavy atom. The summed E-state index contributed by atoms with van der Waals surface area (Å²) in [5.41, 5.74) is 1.18. The number of nitrogens with one attached hydrogen (secondary N) is 1. The van der Waals surface area contributed by atoms with Crippen molar-refractivity contribution in [2.75, 3.05) is 19.0 Å². The van der Waals surface area contributed by atoms with Gasteiger partial charge in [0.2, 0.25) is 0 Å². The predicted molar refractivity (Wildman–Crippen MR) is 111 cm³/mol. The molecule has 0 unspecified atom stereocenters. The summed E-state index contributed by atoms with van der Waals surface area (Å²) in [6.07, 6.45) is 0.0432. The number of ether oxygens (including phenoxy) is 2. The lowest BCUT2D eigenvalue weighted by Crippen LogP contribution is -2.40. The molecule has 0 atom stereocenters. The summed E-state index contributed by atoms with van der Waals surface area (Å²) in [4.78, 5) is 37.5. The van der Waals surface area contributed by atoms with Crippen LogP contribution in [0.1, 0.15) is 42.5 Å². The molecule has 3 rings (SSSR count). The number of carbonyl (C=O) groups excluding carboxylic acids is 2. The van der Waals surface area contributed by atoms with E-state index in [9.17, 15) is 19.7 Å². The molecule has 2 aromatic rings. The van der Waals surface area contributed by atoms with Crippen LogP contribution in [-0.4, -0.2) is 50.9 Å². The summed E-state index contributed by atoms with van der Waals surface area (Å²) in [6, 6.07) is 3.92. The van der Waals surface area contributed by atoms with Gasteiger partial charge in [-0.3, -0.25) is 19.6 Å². The van der Waals surface area contributed by atoms with Crippen molar-refractivity contribution < 1.29 is 24.0 Å². The molecule has 1 aromatic carbocycles. The molecule has 1 N–H and O–H groups in total.